The monoisotopic (exact) mass is 431 g/mol. The van der Waals surface area contributed by atoms with E-state index < -0.39 is 18.0 Å². The summed E-state index contributed by atoms with van der Waals surface area (Å²) in [5.74, 6) is -0.221. The number of aromatic nitrogens is 2. The topological polar surface area (TPSA) is 109 Å². The van der Waals surface area contributed by atoms with Gasteiger partial charge in [-0.3, -0.25) is 9.59 Å². The van der Waals surface area contributed by atoms with Crippen molar-refractivity contribution in [1.29, 1.82) is 0 Å². The van der Waals surface area contributed by atoms with Crippen molar-refractivity contribution in [2.24, 2.45) is 7.05 Å². The number of methoxy groups -OCH3 is 2. The fourth-order valence-electron chi connectivity index (χ4n) is 2.83. The standard InChI is InChI=1S/C20H21N3O6S/c1-10-15-18(21-9-23(3)19(15)25)30-16(10)20(26)29-11(2)17(24)22-12-6-7-13(27-4)14(8-12)28-5/h6-9,11H,1-5H3,(H,22,24). The molecular formula is C20H21N3O6S. The van der Waals surface area contributed by atoms with Gasteiger partial charge in [0.2, 0.25) is 0 Å². The van der Waals surface area contributed by atoms with Crippen molar-refractivity contribution in [1.82, 2.24) is 9.55 Å². The number of ether oxygens (including phenoxy) is 3. The number of aryl methyl sites for hydroxylation is 2. The molecule has 1 N–H and O–H groups in total. The van der Waals surface area contributed by atoms with E-state index in [1.54, 1.807) is 32.2 Å². The van der Waals surface area contributed by atoms with E-state index in [2.05, 4.69) is 10.3 Å². The van der Waals surface area contributed by atoms with Crippen molar-refractivity contribution in [2.45, 2.75) is 20.0 Å². The molecule has 0 aliphatic heterocycles. The molecule has 2 aromatic heterocycles. The lowest BCUT2D eigenvalue weighted by atomic mass is 10.2. The molecule has 1 amide bonds. The number of hydrogen-bond acceptors (Lipinski definition) is 8. The fraction of sp³-hybridized carbons (Fsp3) is 0.300. The highest BCUT2D eigenvalue weighted by Gasteiger charge is 2.24. The molecule has 1 aromatic carbocycles. The van der Waals surface area contributed by atoms with Gasteiger partial charge < -0.3 is 24.1 Å². The normalized spacial score (nSPS) is 11.8. The summed E-state index contributed by atoms with van der Waals surface area (Å²) in [5, 5.41) is 3.04. The van der Waals surface area contributed by atoms with Crippen LogP contribution >= 0.6 is 11.3 Å². The summed E-state index contributed by atoms with van der Waals surface area (Å²) in [5.41, 5.74) is 0.708. The Labute approximate surface area is 176 Å². The fourth-order valence-corrected chi connectivity index (χ4v) is 3.85. The number of rotatable bonds is 6. The molecule has 158 valence electrons. The van der Waals surface area contributed by atoms with E-state index in [1.807, 2.05) is 0 Å². The Hall–Kier alpha value is -3.40. The van der Waals surface area contributed by atoms with Gasteiger partial charge in [0.05, 0.1) is 25.9 Å². The van der Waals surface area contributed by atoms with Crippen LogP contribution in [0, 0.1) is 6.92 Å². The number of carbonyl (C=O) groups is 2. The van der Waals surface area contributed by atoms with Crippen LogP contribution in [0.2, 0.25) is 0 Å². The molecule has 0 saturated heterocycles. The van der Waals surface area contributed by atoms with Crippen molar-refractivity contribution >= 4 is 39.1 Å². The number of hydrogen-bond donors (Lipinski definition) is 1. The molecule has 0 bridgehead atoms. The van der Waals surface area contributed by atoms with E-state index in [0.29, 0.717) is 33.0 Å². The van der Waals surface area contributed by atoms with Crippen LogP contribution in [0.15, 0.2) is 29.3 Å². The quantitative estimate of drug-likeness (QED) is 0.597. The predicted octanol–water partition coefficient (Wildman–Crippen LogP) is 2.50. The van der Waals surface area contributed by atoms with Gasteiger partial charge in [0, 0.05) is 18.8 Å². The van der Waals surface area contributed by atoms with Gasteiger partial charge in [-0.1, -0.05) is 0 Å². The van der Waals surface area contributed by atoms with Crippen LogP contribution < -0.4 is 20.3 Å². The SMILES string of the molecule is COc1ccc(NC(=O)C(C)OC(=O)c2sc3ncn(C)c(=O)c3c2C)cc1OC. The molecule has 0 fully saturated rings. The Kier molecular flexibility index (Phi) is 6.06. The van der Waals surface area contributed by atoms with E-state index >= 15 is 0 Å². The van der Waals surface area contributed by atoms with E-state index in [0.717, 1.165) is 11.3 Å². The Morgan fingerprint density at radius 2 is 1.90 bits per heavy atom. The average Bonchev–Trinajstić information content (AvgIpc) is 3.07. The zero-order chi connectivity index (χ0) is 22.0. The third-order valence-electron chi connectivity index (χ3n) is 4.50. The van der Waals surface area contributed by atoms with E-state index in [1.165, 1.54) is 32.0 Å². The van der Waals surface area contributed by atoms with Gasteiger partial charge in [0.1, 0.15) is 9.71 Å². The zero-order valence-corrected chi connectivity index (χ0v) is 18.0. The van der Waals surface area contributed by atoms with Crippen LogP contribution in [0.4, 0.5) is 5.69 Å². The third kappa shape index (κ3) is 3.99. The molecular weight excluding hydrogens is 410 g/mol. The van der Waals surface area contributed by atoms with Crippen molar-refractivity contribution in [3.05, 3.63) is 45.3 Å². The van der Waals surface area contributed by atoms with Gasteiger partial charge in [-0.25, -0.2) is 9.78 Å². The van der Waals surface area contributed by atoms with Crippen LogP contribution in [0.1, 0.15) is 22.2 Å². The van der Waals surface area contributed by atoms with Gasteiger partial charge in [-0.15, -0.1) is 11.3 Å². The third-order valence-corrected chi connectivity index (χ3v) is 5.68. The second-order valence-corrected chi connectivity index (χ2v) is 7.50. The summed E-state index contributed by atoms with van der Waals surface area (Å²) in [7, 11) is 4.59. The van der Waals surface area contributed by atoms with Crippen LogP contribution in [-0.2, 0) is 16.6 Å². The minimum absolute atomic E-state index is 0.242. The lowest BCUT2D eigenvalue weighted by Gasteiger charge is -2.14. The molecule has 30 heavy (non-hydrogen) atoms. The zero-order valence-electron chi connectivity index (χ0n) is 17.1. The number of nitrogens with one attached hydrogen (secondary N) is 1. The number of amides is 1. The van der Waals surface area contributed by atoms with Gasteiger partial charge in [0.25, 0.3) is 11.5 Å². The summed E-state index contributed by atoms with van der Waals surface area (Å²) in [4.78, 5) is 42.3. The molecule has 0 radical (unpaired) electrons. The largest absolute Gasteiger partial charge is 0.493 e. The maximum Gasteiger partial charge on any atom is 0.349 e. The molecule has 2 heterocycles. The number of thiophene rings is 1. The van der Waals surface area contributed by atoms with Crippen LogP contribution in [0.25, 0.3) is 10.2 Å². The number of carbonyl (C=O) groups excluding carboxylic acids is 2. The van der Waals surface area contributed by atoms with Crippen LogP contribution in [-0.4, -0.2) is 41.8 Å². The Morgan fingerprint density at radius 1 is 1.20 bits per heavy atom. The number of fused-ring (bicyclic) bond motifs is 1. The average molecular weight is 431 g/mol. The molecule has 1 unspecified atom stereocenters. The van der Waals surface area contributed by atoms with Crippen LogP contribution in [0.3, 0.4) is 0 Å². The van der Waals surface area contributed by atoms with E-state index in [9.17, 15) is 14.4 Å². The smallest absolute Gasteiger partial charge is 0.349 e. The van der Waals surface area contributed by atoms with Crippen molar-refractivity contribution < 1.29 is 23.8 Å². The highest BCUT2D eigenvalue weighted by Crippen LogP contribution is 2.30. The first-order valence-electron chi connectivity index (χ1n) is 8.95. The molecule has 0 spiro atoms. The lowest BCUT2D eigenvalue weighted by molar-refractivity contribution is -0.123. The number of nitrogens with zero attached hydrogens (tertiary/aromatic N) is 2. The number of anilines is 1. The predicted molar refractivity (Wildman–Crippen MR) is 113 cm³/mol. The maximum atomic E-state index is 12.6. The second kappa shape index (κ2) is 8.54. The van der Waals surface area contributed by atoms with E-state index in [-0.39, 0.29) is 10.4 Å². The van der Waals surface area contributed by atoms with Gasteiger partial charge >= 0.3 is 5.97 Å². The minimum atomic E-state index is -1.06. The summed E-state index contributed by atoms with van der Waals surface area (Å²) in [6, 6.07) is 4.90. The second-order valence-electron chi connectivity index (χ2n) is 6.50. The first kappa shape index (κ1) is 21.3. The molecule has 3 rings (SSSR count). The van der Waals surface area contributed by atoms with Gasteiger partial charge in [-0.2, -0.15) is 0 Å². The minimum Gasteiger partial charge on any atom is -0.493 e. The van der Waals surface area contributed by atoms with Crippen molar-refractivity contribution in [2.75, 3.05) is 19.5 Å². The van der Waals surface area contributed by atoms with E-state index in [4.69, 9.17) is 14.2 Å². The number of benzene rings is 1. The molecule has 0 saturated carbocycles. The molecule has 0 aliphatic carbocycles. The summed E-state index contributed by atoms with van der Waals surface area (Å²) in [6.45, 7) is 3.13. The Morgan fingerprint density at radius 3 is 2.57 bits per heavy atom. The highest BCUT2D eigenvalue weighted by atomic mass is 32.1. The first-order chi connectivity index (χ1) is 14.3. The molecule has 10 heteroatoms. The highest BCUT2D eigenvalue weighted by molar-refractivity contribution is 7.20. The molecule has 0 aliphatic rings. The maximum absolute atomic E-state index is 12.6. The van der Waals surface area contributed by atoms with Crippen molar-refractivity contribution in [3.63, 3.8) is 0 Å². The van der Waals surface area contributed by atoms with Gasteiger partial charge in [0.15, 0.2) is 17.6 Å². The number of esters is 1. The summed E-state index contributed by atoms with van der Waals surface area (Å²) in [6.07, 6.45) is 0.334. The van der Waals surface area contributed by atoms with Crippen LogP contribution in [0.5, 0.6) is 11.5 Å². The summed E-state index contributed by atoms with van der Waals surface area (Å²) >= 11 is 1.06. The Bertz CT molecular complexity index is 1180. The molecule has 1 atom stereocenters. The lowest BCUT2D eigenvalue weighted by Crippen LogP contribution is -2.30. The van der Waals surface area contributed by atoms with Crippen molar-refractivity contribution in [3.8, 4) is 11.5 Å². The molecule has 9 nitrogen and oxygen atoms in total. The Balaban J connectivity index is 1.75. The first-order valence-corrected chi connectivity index (χ1v) is 9.77. The van der Waals surface area contributed by atoms with Gasteiger partial charge in [-0.05, 0) is 31.5 Å². The summed E-state index contributed by atoms with van der Waals surface area (Å²) < 4.78 is 17.0. The molecule has 3 aromatic rings.